The molecule has 1 atom stereocenters. The minimum Gasteiger partial charge on any atom is -0.369 e. The quantitative estimate of drug-likeness (QED) is 0.796. The maximum absolute atomic E-state index is 12.1. The highest BCUT2D eigenvalue weighted by atomic mass is 32.2. The molecule has 108 valence electrons. The van der Waals surface area contributed by atoms with Gasteiger partial charge in [-0.2, -0.15) is 9.29 Å². The average molecular weight is 289 g/mol. The minimum absolute atomic E-state index is 0.110. The van der Waals surface area contributed by atoms with Gasteiger partial charge in [-0.15, -0.1) is 0 Å². The van der Waals surface area contributed by atoms with Gasteiger partial charge in [0.25, 0.3) is 0 Å². The second-order valence-corrected chi connectivity index (χ2v) is 7.36. The van der Waals surface area contributed by atoms with Crippen LogP contribution in [0.1, 0.15) is 32.5 Å². The van der Waals surface area contributed by atoms with E-state index in [1.165, 1.54) is 10.7 Å². The predicted octanol–water partition coefficient (Wildman–Crippen LogP) is 0.789. The third-order valence-electron chi connectivity index (χ3n) is 3.15. The lowest BCUT2D eigenvalue weighted by Gasteiger charge is -2.32. The smallest absolute Gasteiger partial charge is 0.216 e. The highest BCUT2D eigenvalue weighted by Gasteiger charge is 2.31. The Kier molecular flexibility index (Phi) is 4.54. The van der Waals surface area contributed by atoms with E-state index < -0.39 is 15.3 Å². The second-order valence-electron chi connectivity index (χ2n) is 4.87. The van der Waals surface area contributed by atoms with Crippen molar-refractivity contribution < 1.29 is 17.7 Å². The number of rotatable bonds is 5. The number of nitrogens with zero attached hydrogens (tertiary/aromatic N) is 3. The van der Waals surface area contributed by atoms with Gasteiger partial charge >= 0.3 is 0 Å². The summed E-state index contributed by atoms with van der Waals surface area (Å²) in [5.41, 5.74) is 0. The maximum atomic E-state index is 12.1. The van der Waals surface area contributed by atoms with E-state index in [2.05, 4.69) is 14.7 Å². The Balaban J connectivity index is 1.90. The van der Waals surface area contributed by atoms with Crippen LogP contribution in [-0.4, -0.2) is 47.3 Å². The molecule has 1 fully saturated rings. The first-order valence-corrected chi connectivity index (χ1v) is 7.86. The van der Waals surface area contributed by atoms with E-state index in [4.69, 9.17) is 4.74 Å². The van der Waals surface area contributed by atoms with Crippen LogP contribution in [-0.2, 0) is 21.4 Å². The SMILES string of the molecule is CC(C)S(=O)(=O)N1CCCC(OCc2ncon2)C1. The van der Waals surface area contributed by atoms with Crippen molar-refractivity contribution in [2.75, 3.05) is 13.1 Å². The monoisotopic (exact) mass is 289 g/mol. The van der Waals surface area contributed by atoms with E-state index in [0.29, 0.717) is 18.9 Å². The van der Waals surface area contributed by atoms with E-state index in [1.807, 2.05) is 0 Å². The molecule has 1 aromatic rings. The van der Waals surface area contributed by atoms with E-state index in [-0.39, 0.29) is 12.7 Å². The highest BCUT2D eigenvalue weighted by molar-refractivity contribution is 7.89. The van der Waals surface area contributed by atoms with Crippen LogP contribution in [0.15, 0.2) is 10.9 Å². The second kappa shape index (κ2) is 5.98. The molecule has 0 amide bonds. The summed E-state index contributed by atoms with van der Waals surface area (Å²) in [5.74, 6) is 0.476. The van der Waals surface area contributed by atoms with Crippen molar-refractivity contribution in [2.45, 2.75) is 44.6 Å². The van der Waals surface area contributed by atoms with Crippen molar-refractivity contribution in [3.05, 3.63) is 12.2 Å². The lowest BCUT2D eigenvalue weighted by Crippen LogP contribution is -2.45. The van der Waals surface area contributed by atoms with Gasteiger partial charge in [-0.1, -0.05) is 5.16 Å². The first kappa shape index (κ1) is 14.4. The van der Waals surface area contributed by atoms with Crippen molar-refractivity contribution in [1.82, 2.24) is 14.4 Å². The number of hydrogen-bond acceptors (Lipinski definition) is 6. The number of ether oxygens (including phenoxy) is 1. The summed E-state index contributed by atoms with van der Waals surface area (Å²) in [6.45, 7) is 4.61. The molecule has 0 aromatic carbocycles. The first-order valence-electron chi connectivity index (χ1n) is 6.36. The van der Waals surface area contributed by atoms with Crippen LogP contribution < -0.4 is 0 Å². The van der Waals surface area contributed by atoms with Gasteiger partial charge in [0.2, 0.25) is 16.4 Å². The Labute approximate surface area is 113 Å². The molecule has 0 N–H and O–H groups in total. The zero-order valence-corrected chi connectivity index (χ0v) is 12.0. The number of piperidine rings is 1. The number of aromatic nitrogens is 2. The molecular weight excluding hydrogens is 270 g/mol. The van der Waals surface area contributed by atoms with Crippen LogP contribution in [0, 0.1) is 0 Å². The molecule has 0 saturated carbocycles. The Hall–Kier alpha value is -0.990. The average Bonchev–Trinajstić information content (AvgIpc) is 2.89. The summed E-state index contributed by atoms with van der Waals surface area (Å²) in [7, 11) is -3.20. The zero-order chi connectivity index (χ0) is 13.9. The lowest BCUT2D eigenvalue weighted by atomic mass is 10.1. The van der Waals surface area contributed by atoms with Gasteiger partial charge < -0.3 is 9.26 Å². The number of sulfonamides is 1. The summed E-state index contributed by atoms with van der Waals surface area (Å²) in [6, 6.07) is 0. The summed E-state index contributed by atoms with van der Waals surface area (Å²) >= 11 is 0. The van der Waals surface area contributed by atoms with Gasteiger partial charge in [-0.3, -0.25) is 0 Å². The topological polar surface area (TPSA) is 85.5 Å². The predicted molar refractivity (Wildman–Crippen MR) is 67.7 cm³/mol. The first-order chi connectivity index (χ1) is 9.00. The largest absolute Gasteiger partial charge is 0.369 e. The molecule has 7 nitrogen and oxygen atoms in total. The molecule has 2 rings (SSSR count). The molecule has 1 aromatic heterocycles. The van der Waals surface area contributed by atoms with Crippen molar-refractivity contribution in [3.8, 4) is 0 Å². The van der Waals surface area contributed by atoms with Crippen LogP contribution >= 0.6 is 0 Å². The fourth-order valence-corrected chi connectivity index (χ4v) is 3.37. The fourth-order valence-electron chi connectivity index (χ4n) is 2.02. The van der Waals surface area contributed by atoms with Crippen molar-refractivity contribution in [2.24, 2.45) is 0 Å². The Morgan fingerprint density at radius 1 is 1.58 bits per heavy atom. The van der Waals surface area contributed by atoms with Crippen LogP contribution in [0.2, 0.25) is 0 Å². The van der Waals surface area contributed by atoms with E-state index in [0.717, 1.165) is 12.8 Å². The molecule has 19 heavy (non-hydrogen) atoms. The molecule has 0 aliphatic carbocycles. The van der Waals surface area contributed by atoms with Gasteiger partial charge in [0, 0.05) is 13.1 Å². The molecular formula is C11H19N3O4S. The summed E-state index contributed by atoms with van der Waals surface area (Å²) < 4.78 is 36.0. The lowest BCUT2D eigenvalue weighted by molar-refractivity contribution is 0.00427. The fraction of sp³-hybridized carbons (Fsp3) is 0.818. The minimum atomic E-state index is -3.20. The Morgan fingerprint density at radius 2 is 2.37 bits per heavy atom. The van der Waals surface area contributed by atoms with Gasteiger partial charge in [0.05, 0.1) is 11.4 Å². The van der Waals surface area contributed by atoms with Gasteiger partial charge in [0.15, 0.2) is 5.82 Å². The summed E-state index contributed by atoms with van der Waals surface area (Å²) in [4.78, 5) is 3.86. The Bertz CT molecular complexity index is 486. The van der Waals surface area contributed by atoms with Crippen LogP contribution in [0.25, 0.3) is 0 Å². The van der Waals surface area contributed by atoms with Crippen LogP contribution in [0.4, 0.5) is 0 Å². The zero-order valence-electron chi connectivity index (χ0n) is 11.2. The normalized spacial score (nSPS) is 21.9. The van der Waals surface area contributed by atoms with Gasteiger partial charge in [-0.25, -0.2) is 8.42 Å². The standard InChI is InChI=1S/C11H19N3O4S/c1-9(2)19(15,16)14-5-3-4-10(6-14)17-7-11-12-8-18-13-11/h8-10H,3-7H2,1-2H3. The molecule has 1 saturated heterocycles. The van der Waals surface area contributed by atoms with Gasteiger partial charge in [-0.05, 0) is 26.7 Å². The summed E-state index contributed by atoms with van der Waals surface area (Å²) in [6.07, 6.45) is 2.79. The van der Waals surface area contributed by atoms with E-state index >= 15 is 0 Å². The highest BCUT2D eigenvalue weighted by Crippen LogP contribution is 2.19. The Morgan fingerprint density at radius 3 is 3.00 bits per heavy atom. The molecule has 0 bridgehead atoms. The molecule has 1 aliphatic heterocycles. The third kappa shape index (κ3) is 3.52. The van der Waals surface area contributed by atoms with Crippen molar-refractivity contribution in [1.29, 1.82) is 0 Å². The maximum Gasteiger partial charge on any atom is 0.216 e. The van der Waals surface area contributed by atoms with Crippen molar-refractivity contribution in [3.63, 3.8) is 0 Å². The van der Waals surface area contributed by atoms with Crippen LogP contribution in [0.3, 0.4) is 0 Å². The molecule has 1 aliphatic rings. The number of hydrogen-bond donors (Lipinski definition) is 0. The third-order valence-corrected chi connectivity index (χ3v) is 5.39. The molecule has 8 heteroatoms. The molecule has 1 unspecified atom stereocenters. The van der Waals surface area contributed by atoms with Gasteiger partial charge in [0.1, 0.15) is 6.61 Å². The molecule has 0 radical (unpaired) electrons. The van der Waals surface area contributed by atoms with Crippen LogP contribution in [0.5, 0.6) is 0 Å². The van der Waals surface area contributed by atoms with E-state index in [9.17, 15) is 8.42 Å². The molecule has 0 spiro atoms. The van der Waals surface area contributed by atoms with Crippen molar-refractivity contribution >= 4 is 10.0 Å². The van der Waals surface area contributed by atoms with E-state index in [1.54, 1.807) is 13.8 Å². The molecule has 2 heterocycles. The summed E-state index contributed by atoms with van der Waals surface area (Å²) in [5, 5.41) is 3.25.